The molecule has 1 aliphatic carbocycles. The number of ether oxygens (including phenoxy) is 1. The molecule has 2 heterocycles. The molecule has 1 aromatic carbocycles. The van der Waals surface area contributed by atoms with Gasteiger partial charge in [0.15, 0.2) is 5.78 Å². The van der Waals surface area contributed by atoms with Crippen molar-refractivity contribution in [3.8, 4) is 5.75 Å². The van der Waals surface area contributed by atoms with Gasteiger partial charge in [-0.05, 0) is 35.8 Å². The van der Waals surface area contributed by atoms with Crippen LogP contribution in [0.15, 0.2) is 40.7 Å². The third-order valence-electron chi connectivity index (χ3n) is 4.79. The van der Waals surface area contributed by atoms with Gasteiger partial charge in [0.25, 0.3) is 0 Å². The van der Waals surface area contributed by atoms with E-state index in [9.17, 15) is 4.79 Å². The maximum Gasteiger partial charge on any atom is 0.227 e. The summed E-state index contributed by atoms with van der Waals surface area (Å²) in [6, 6.07) is 7.59. The summed E-state index contributed by atoms with van der Waals surface area (Å²) in [5.41, 5.74) is 2.77. The summed E-state index contributed by atoms with van der Waals surface area (Å²) < 4.78 is 7.24. The van der Waals surface area contributed by atoms with Gasteiger partial charge >= 0.3 is 0 Å². The second-order valence-electron chi connectivity index (χ2n) is 6.73. The van der Waals surface area contributed by atoms with Crippen LogP contribution in [0.2, 0.25) is 0 Å². The molecule has 1 aliphatic heterocycles. The first-order valence-corrected chi connectivity index (χ1v) is 9.85. The number of nitrogens with one attached hydrogen (secondary N) is 1. The number of aromatic nitrogens is 3. The fourth-order valence-electron chi connectivity index (χ4n) is 3.70. The van der Waals surface area contributed by atoms with Gasteiger partial charge in [-0.1, -0.05) is 37.7 Å². The fourth-order valence-corrected chi connectivity index (χ4v) is 4.25. The van der Waals surface area contributed by atoms with Crippen LogP contribution in [0.4, 0.5) is 5.95 Å². The Labute approximate surface area is 157 Å². The monoisotopic (exact) mass is 370 g/mol. The minimum atomic E-state index is -0.268. The lowest BCUT2D eigenvalue weighted by atomic mass is 9.81. The lowest BCUT2D eigenvalue weighted by molar-refractivity contribution is -0.117. The molecule has 0 spiro atoms. The Bertz CT molecular complexity index is 889. The SMILES string of the molecule is CCSc1nc2n(n1)[C@@H](c1cccc(OC)c1)C1=C(C[C@@H](C)CC1=O)N2. The lowest BCUT2D eigenvalue weighted by Gasteiger charge is -2.34. The summed E-state index contributed by atoms with van der Waals surface area (Å²) >= 11 is 1.60. The van der Waals surface area contributed by atoms with Crippen LogP contribution in [0.1, 0.15) is 38.3 Å². The fraction of sp³-hybridized carbons (Fsp3) is 0.421. The van der Waals surface area contributed by atoms with Gasteiger partial charge in [-0.15, -0.1) is 5.10 Å². The van der Waals surface area contributed by atoms with Gasteiger partial charge in [0.05, 0.1) is 7.11 Å². The van der Waals surface area contributed by atoms with E-state index in [0.717, 1.165) is 39.9 Å². The lowest BCUT2D eigenvalue weighted by Crippen LogP contribution is -2.33. The maximum atomic E-state index is 12.9. The minimum Gasteiger partial charge on any atom is -0.497 e. The highest BCUT2D eigenvalue weighted by molar-refractivity contribution is 7.99. The molecule has 0 saturated carbocycles. The predicted octanol–water partition coefficient (Wildman–Crippen LogP) is 3.67. The summed E-state index contributed by atoms with van der Waals surface area (Å²) in [7, 11) is 1.65. The number of hydrogen-bond donors (Lipinski definition) is 1. The largest absolute Gasteiger partial charge is 0.497 e. The van der Waals surface area contributed by atoms with E-state index in [4.69, 9.17) is 4.74 Å². The number of rotatable bonds is 4. The molecule has 7 heteroatoms. The highest BCUT2D eigenvalue weighted by Crippen LogP contribution is 2.42. The third-order valence-corrected chi connectivity index (χ3v) is 5.51. The van der Waals surface area contributed by atoms with Crippen molar-refractivity contribution in [1.82, 2.24) is 14.8 Å². The number of fused-ring (bicyclic) bond motifs is 1. The molecule has 136 valence electrons. The summed E-state index contributed by atoms with van der Waals surface area (Å²) in [5, 5.41) is 8.77. The molecule has 2 atom stereocenters. The molecule has 0 saturated heterocycles. The van der Waals surface area contributed by atoms with Crippen molar-refractivity contribution in [3.05, 3.63) is 41.1 Å². The highest BCUT2D eigenvalue weighted by Gasteiger charge is 2.38. The number of anilines is 1. The maximum absolute atomic E-state index is 12.9. The number of allylic oxidation sites excluding steroid dienone is 2. The average Bonchev–Trinajstić information content (AvgIpc) is 3.02. The van der Waals surface area contributed by atoms with Gasteiger partial charge in [-0.25, -0.2) is 4.68 Å². The predicted molar refractivity (Wildman–Crippen MR) is 102 cm³/mol. The van der Waals surface area contributed by atoms with E-state index in [1.54, 1.807) is 18.9 Å². The Kier molecular flexibility index (Phi) is 4.48. The van der Waals surface area contributed by atoms with Gasteiger partial charge in [-0.3, -0.25) is 4.79 Å². The van der Waals surface area contributed by atoms with Crippen molar-refractivity contribution >= 4 is 23.5 Å². The van der Waals surface area contributed by atoms with Crippen LogP contribution in [0.25, 0.3) is 0 Å². The number of benzene rings is 1. The van der Waals surface area contributed by atoms with Crippen LogP contribution in [0.3, 0.4) is 0 Å². The summed E-state index contributed by atoms with van der Waals surface area (Å²) in [6.45, 7) is 4.19. The number of carbonyl (C=O) groups excluding carboxylic acids is 1. The smallest absolute Gasteiger partial charge is 0.227 e. The number of ketones is 1. The van der Waals surface area contributed by atoms with E-state index in [-0.39, 0.29) is 11.8 Å². The number of carbonyl (C=O) groups is 1. The molecule has 1 aromatic heterocycles. The van der Waals surface area contributed by atoms with E-state index in [1.807, 2.05) is 28.9 Å². The first-order chi connectivity index (χ1) is 12.6. The van der Waals surface area contributed by atoms with Gasteiger partial charge in [0.2, 0.25) is 11.1 Å². The standard InChI is InChI=1S/C19H22N4O2S/c1-4-26-19-21-18-20-14-8-11(2)9-15(24)16(14)17(23(18)22-19)12-6-5-7-13(10-12)25-3/h5-7,10-11,17H,4,8-9H2,1-3H3,(H,20,21,22)/t11-,17+/m1/s1. The van der Waals surface area contributed by atoms with Crippen LogP contribution < -0.4 is 10.1 Å². The molecule has 0 unspecified atom stereocenters. The summed E-state index contributed by atoms with van der Waals surface area (Å²) in [5.74, 6) is 2.89. The van der Waals surface area contributed by atoms with Crippen LogP contribution in [0.5, 0.6) is 5.75 Å². The zero-order chi connectivity index (χ0) is 18.3. The Balaban J connectivity index is 1.87. The van der Waals surface area contributed by atoms with Crippen LogP contribution in [-0.4, -0.2) is 33.4 Å². The topological polar surface area (TPSA) is 69.0 Å². The Hall–Kier alpha value is -2.28. The third kappa shape index (κ3) is 2.90. The molecule has 2 aliphatic rings. The molecule has 6 nitrogen and oxygen atoms in total. The van der Waals surface area contributed by atoms with Crippen molar-refractivity contribution in [2.24, 2.45) is 5.92 Å². The molecular weight excluding hydrogens is 348 g/mol. The Morgan fingerprint density at radius 3 is 3.00 bits per heavy atom. The zero-order valence-corrected chi connectivity index (χ0v) is 16.0. The second kappa shape index (κ2) is 6.79. The molecule has 0 amide bonds. The normalized spacial score (nSPS) is 21.9. The van der Waals surface area contributed by atoms with Gasteiger partial charge < -0.3 is 10.1 Å². The summed E-state index contributed by atoms with van der Waals surface area (Å²) in [6.07, 6.45) is 1.42. The molecule has 0 radical (unpaired) electrons. The Morgan fingerprint density at radius 1 is 1.38 bits per heavy atom. The van der Waals surface area contributed by atoms with E-state index in [1.165, 1.54) is 0 Å². The number of thioether (sulfide) groups is 1. The number of hydrogen-bond acceptors (Lipinski definition) is 6. The first-order valence-electron chi connectivity index (χ1n) is 8.87. The van der Waals surface area contributed by atoms with E-state index in [0.29, 0.717) is 18.3 Å². The van der Waals surface area contributed by atoms with E-state index in [2.05, 4.69) is 29.2 Å². The van der Waals surface area contributed by atoms with Crippen LogP contribution in [-0.2, 0) is 4.79 Å². The zero-order valence-electron chi connectivity index (χ0n) is 15.2. The minimum absolute atomic E-state index is 0.185. The highest BCUT2D eigenvalue weighted by atomic mass is 32.2. The van der Waals surface area contributed by atoms with Crippen molar-refractivity contribution in [2.75, 3.05) is 18.2 Å². The number of Topliss-reactive ketones (excluding diaryl/α,β-unsaturated/α-hetero) is 1. The molecule has 1 N–H and O–H groups in total. The second-order valence-corrected chi connectivity index (χ2v) is 7.96. The molecular formula is C19H22N4O2S. The summed E-state index contributed by atoms with van der Waals surface area (Å²) in [4.78, 5) is 17.6. The van der Waals surface area contributed by atoms with Crippen molar-refractivity contribution in [2.45, 2.75) is 37.9 Å². The molecule has 0 bridgehead atoms. The van der Waals surface area contributed by atoms with Crippen LogP contribution >= 0.6 is 11.8 Å². The molecule has 0 fully saturated rings. The molecule has 2 aromatic rings. The first kappa shape index (κ1) is 17.1. The van der Waals surface area contributed by atoms with E-state index >= 15 is 0 Å². The molecule has 4 rings (SSSR count). The van der Waals surface area contributed by atoms with Gasteiger partial charge in [0, 0.05) is 17.7 Å². The quantitative estimate of drug-likeness (QED) is 0.828. The average molecular weight is 370 g/mol. The van der Waals surface area contributed by atoms with Crippen molar-refractivity contribution in [3.63, 3.8) is 0 Å². The van der Waals surface area contributed by atoms with Crippen molar-refractivity contribution < 1.29 is 9.53 Å². The van der Waals surface area contributed by atoms with Gasteiger partial charge in [0.1, 0.15) is 11.8 Å². The number of nitrogens with zero attached hydrogens (tertiary/aromatic N) is 3. The Morgan fingerprint density at radius 2 is 2.23 bits per heavy atom. The number of methoxy groups -OCH3 is 1. The van der Waals surface area contributed by atoms with Gasteiger partial charge in [-0.2, -0.15) is 4.98 Å². The van der Waals surface area contributed by atoms with E-state index < -0.39 is 0 Å². The van der Waals surface area contributed by atoms with Crippen LogP contribution in [0, 0.1) is 5.92 Å². The van der Waals surface area contributed by atoms with Crippen molar-refractivity contribution in [1.29, 1.82) is 0 Å². The molecule has 26 heavy (non-hydrogen) atoms.